The number of hydrogen-bond acceptors (Lipinski definition) is 3. The van der Waals surface area contributed by atoms with Gasteiger partial charge in [0.05, 0.1) is 12.4 Å². The van der Waals surface area contributed by atoms with Gasteiger partial charge in [0.2, 0.25) is 0 Å². The molecular formula is C17H14ClFN4. The first kappa shape index (κ1) is 14.2. The fourth-order valence-corrected chi connectivity index (χ4v) is 3.11. The standard InChI is InChI=1S/C17H14ClFN4/c18-16-9-20-10-17(22-16)23-5-3-11(4-6-23)14-8-21-15-7-12(19)1-2-13(14)15/h1-3,7-10,21H,4-6H2. The van der Waals surface area contributed by atoms with Gasteiger partial charge in [0.25, 0.3) is 0 Å². The molecule has 116 valence electrons. The average Bonchev–Trinajstić information content (AvgIpc) is 2.98. The van der Waals surface area contributed by atoms with Crippen LogP contribution in [0, 0.1) is 5.82 Å². The molecule has 3 heterocycles. The molecule has 0 bridgehead atoms. The highest BCUT2D eigenvalue weighted by Crippen LogP contribution is 2.30. The molecule has 0 aliphatic carbocycles. The van der Waals surface area contributed by atoms with E-state index in [1.807, 2.05) is 12.3 Å². The summed E-state index contributed by atoms with van der Waals surface area (Å²) in [5.74, 6) is 0.558. The van der Waals surface area contributed by atoms with Crippen molar-refractivity contribution in [3.63, 3.8) is 0 Å². The molecule has 3 aromatic rings. The maximum absolute atomic E-state index is 13.3. The molecule has 6 heteroatoms. The topological polar surface area (TPSA) is 44.8 Å². The maximum Gasteiger partial charge on any atom is 0.149 e. The quantitative estimate of drug-likeness (QED) is 0.772. The van der Waals surface area contributed by atoms with Crippen LogP contribution in [0.1, 0.15) is 12.0 Å². The fourth-order valence-electron chi connectivity index (χ4n) is 2.97. The van der Waals surface area contributed by atoms with Crippen LogP contribution >= 0.6 is 11.6 Å². The number of fused-ring (bicyclic) bond motifs is 1. The van der Waals surface area contributed by atoms with Gasteiger partial charge in [-0.1, -0.05) is 17.7 Å². The Labute approximate surface area is 137 Å². The highest BCUT2D eigenvalue weighted by atomic mass is 35.5. The molecule has 0 unspecified atom stereocenters. The number of benzene rings is 1. The number of aromatic nitrogens is 3. The van der Waals surface area contributed by atoms with Crippen molar-refractivity contribution in [3.8, 4) is 0 Å². The SMILES string of the molecule is Fc1ccc2c(C3=CCN(c4cncc(Cl)n4)CC3)c[nH]c2c1. The molecular weight excluding hydrogens is 315 g/mol. The summed E-state index contributed by atoms with van der Waals surface area (Å²) in [6, 6.07) is 4.85. The summed E-state index contributed by atoms with van der Waals surface area (Å²) in [5, 5.41) is 1.45. The number of hydrogen-bond donors (Lipinski definition) is 1. The van der Waals surface area contributed by atoms with Crippen LogP contribution < -0.4 is 4.90 Å². The number of nitrogens with zero attached hydrogens (tertiary/aromatic N) is 3. The number of rotatable bonds is 2. The van der Waals surface area contributed by atoms with Gasteiger partial charge in [-0.25, -0.2) is 9.37 Å². The molecule has 1 aliphatic heterocycles. The van der Waals surface area contributed by atoms with E-state index < -0.39 is 0 Å². The molecule has 0 atom stereocenters. The molecule has 4 rings (SSSR count). The van der Waals surface area contributed by atoms with Crippen molar-refractivity contribution in [2.75, 3.05) is 18.0 Å². The summed E-state index contributed by atoms with van der Waals surface area (Å²) in [7, 11) is 0. The van der Waals surface area contributed by atoms with Gasteiger partial charge in [-0.05, 0) is 30.2 Å². The Morgan fingerprint density at radius 2 is 2.17 bits per heavy atom. The van der Waals surface area contributed by atoms with Crippen LogP contribution in [-0.2, 0) is 0 Å². The van der Waals surface area contributed by atoms with E-state index in [4.69, 9.17) is 11.6 Å². The van der Waals surface area contributed by atoms with Crippen molar-refractivity contribution in [2.24, 2.45) is 0 Å². The third-order valence-electron chi connectivity index (χ3n) is 4.12. The number of nitrogens with one attached hydrogen (secondary N) is 1. The second-order valence-electron chi connectivity index (χ2n) is 5.52. The van der Waals surface area contributed by atoms with Crippen molar-refractivity contribution in [1.82, 2.24) is 15.0 Å². The Morgan fingerprint density at radius 1 is 1.26 bits per heavy atom. The van der Waals surface area contributed by atoms with Gasteiger partial charge in [0.15, 0.2) is 0 Å². The Bertz CT molecular complexity index is 902. The van der Waals surface area contributed by atoms with Crippen LogP contribution in [0.15, 0.2) is 42.9 Å². The largest absolute Gasteiger partial charge is 0.360 e. The van der Waals surface area contributed by atoms with Crippen LogP contribution in [0.3, 0.4) is 0 Å². The molecule has 1 aromatic carbocycles. The van der Waals surface area contributed by atoms with Crippen molar-refractivity contribution >= 4 is 33.9 Å². The first-order chi connectivity index (χ1) is 11.2. The summed E-state index contributed by atoms with van der Waals surface area (Å²) in [6.07, 6.45) is 8.27. The van der Waals surface area contributed by atoms with Crippen molar-refractivity contribution < 1.29 is 4.39 Å². The number of H-pyrrole nitrogens is 1. The smallest absolute Gasteiger partial charge is 0.149 e. The highest BCUT2D eigenvalue weighted by Gasteiger charge is 2.17. The van der Waals surface area contributed by atoms with Gasteiger partial charge < -0.3 is 9.88 Å². The lowest BCUT2D eigenvalue weighted by Crippen LogP contribution is -2.29. The predicted molar refractivity (Wildman–Crippen MR) is 90.1 cm³/mol. The van der Waals surface area contributed by atoms with Crippen LogP contribution in [-0.4, -0.2) is 28.0 Å². The van der Waals surface area contributed by atoms with E-state index in [1.165, 1.54) is 23.9 Å². The van der Waals surface area contributed by atoms with Crippen molar-refractivity contribution in [1.29, 1.82) is 0 Å². The van der Waals surface area contributed by atoms with Crippen LogP contribution in [0.2, 0.25) is 5.15 Å². The van der Waals surface area contributed by atoms with Crippen molar-refractivity contribution in [3.05, 3.63) is 59.4 Å². The van der Waals surface area contributed by atoms with Gasteiger partial charge in [-0.3, -0.25) is 4.98 Å². The minimum atomic E-state index is -0.228. The second kappa shape index (κ2) is 5.66. The van der Waals surface area contributed by atoms with E-state index in [1.54, 1.807) is 6.20 Å². The summed E-state index contributed by atoms with van der Waals surface area (Å²) in [5.41, 5.74) is 3.22. The lowest BCUT2D eigenvalue weighted by atomic mass is 9.99. The Balaban J connectivity index is 1.62. The molecule has 0 spiro atoms. The van der Waals surface area contributed by atoms with E-state index >= 15 is 0 Å². The zero-order chi connectivity index (χ0) is 15.8. The molecule has 4 nitrogen and oxygen atoms in total. The van der Waals surface area contributed by atoms with Gasteiger partial charge in [0, 0.05) is 35.8 Å². The minimum absolute atomic E-state index is 0.228. The summed E-state index contributed by atoms with van der Waals surface area (Å²) in [6.45, 7) is 1.59. The molecule has 0 saturated heterocycles. The van der Waals surface area contributed by atoms with Crippen molar-refractivity contribution in [2.45, 2.75) is 6.42 Å². The monoisotopic (exact) mass is 328 g/mol. The Kier molecular flexibility index (Phi) is 3.50. The summed E-state index contributed by atoms with van der Waals surface area (Å²) < 4.78 is 13.3. The minimum Gasteiger partial charge on any atom is -0.360 e. The number of anilines is 1. The third-order valence-corrected chi connectivity index (χ3v) is 4.30. The lowest BCUT2D eigenvalue weighted by molar-refractivity contribution is 0.629. The first-order valence-corrected chi connectivity index (χ1v) is 7.77. The zero-order valence-corrected chi connectivity index (χ0v) is 13.0. The van der Waals surface area contributed by atoms with Crippen LogP contribution in [0.4, 0.5) is 10.2 Å². The molecule has 0 amide bonds. The molecule has 1 N–H and O–H groups in total. The number of aromatic amines is 1. The van der Waals surface area contributed by atoms with E-state index in [0.717, 1.165) is 41.8 Å². The number of halogens is 2. The van der Waals surface area contributed by atoms with Gasteiger partial charge in [0.1, 0.15) is 16.8 Å². The predicted octanol–water partition coefficient (Wildman–Crippen LogP) is 4.04. The van der Waals surface area contributed by atoms with E-state index in [9.17, 15) is 4.39 Å². The molecule has 0 saturated carbocycles. The maximum atomic E-state index is 13.3. The van der Waals surface area contributed by atoms with Gasteiger partial charge in [-0.15, -0.1) is 0 Å². The average molecular weight is 329 g/mol. The molecule has 0 fully saturated rings. The molecule has 0 radical (unpaired) electrons. The lowest BCUT2D eigenvalue weighted by Gasteiger charge is -2.27. The summed E-state index contributed by atoms with van der Waals surface area (Å²) in [4.78, 5) is 13.7. The van der Waals surface area contributed by atoms with E-state index in [2.05, 4.69) is 25.9 Å². The Hall–Kier alpha value is -2.40. The Morgan fingerprint density at radius 3 is 2.96 bits per heavy atom. The normalized spacial score (nSPS) is 15.0. The first-order valence-electron chi connectivity index (χ1n) is 7.39. The molecule has 1 aliphatic rings. The van der Waals surface area contributed by atoms with E-state index in [0.29, 0.717) is 5.15 Å². The van der Waals surface area contributed by atoms with Crippen LogP contribution in [0.25, 0.3) is 16.5 Å². The van der Waals surface area contributed by atoms with Gasteiger partial charge >= 0.3 is 0 Å². The van der Waals surface area contributed by atoms with Gasteiger partial charge in [-0.2, -0.15) is 0 Å². The fraction of sp³-hybridized carbons (Fsp3) is 0.176. The summed E-state index contributed by atoms with van der Waals surface area (Å²) >= 11 is 5.90. The van der Waals surface area contributed by atoms with E-state index in [-0.39, 0.29) is 5.82 Å². The second-order valence-corrected chi connectivity index (χ2v) is 5.90. The molecule has 2 aromatic heterocycles. The zero-order valence-electron chi connectivity index (χ0n) is 12.3. The third kappa shape index (κ3) is 2.68. The van der Waals surface area contributed by atoms with Crippen LogP contribution in [0.5, 0.6) is 0 Å². The molecule has 23 heavy (non-hydrogen) atoms. The highest BCUT2D eigenvalue weighted by molar-refractivity contribution is 6.29.